The Bertz CT molecular complexity index is 322. The van der Waals surface area contributed by atoms with E-state index in [-0.39, 0.29) is 11.9 Å². The average Bonchev–Trinajstić information content (AvgIpc) is 2.77. The predicted octanol–water partition coefficient (Wildman–Crippen LogP) is 2.04. The summed E-state index contributed by atoms with van der Waals surface area (Å²) in [6.45, 7) is 7.50. The zero-order valence-electron chi connectivity index (χ0n) is 10.8. The van der Waals surface area contributed by atoms with E-state index in [2.05, 4.69) is 41.3 Å². The van der Waals surface area contributed by atoms with Gasteiger partial charge in [-0.1, -0.05) is 13.8 Å². The lowest BCUT2D eigenvalue weighted by molar-refractivity contribution is -0.121. The standard InChI is InChI=1S/C13H22N2OS/c1-10(2)11(3)15-13(16)8-14-6-4-12-5-7-17-9-12/h5,7,9-11,14H,4,6,8H2,1-3H3,(H,15,16). The topological polar surface area (TPSA) is 41.1 Å². The van der Waals surface area contributed by atoms with Crippen LogP contribution in [-0.2, 0) is 11.2 Å². The van der Waals surface area contributed by atoms with Gasteiger partial charge in [-0.25, -0.2) is 0 Å². The average molecular weight is 254 g/mol. The van der Waals surface area contributed by atoms with Gasteiger partial charge in [0.05, 0.1) is 6.54 Å². The summed E-state index contributed by atoms with van der Waals surface area (Å²) in [5.41, 5.74) is 1.33. The smallest absolute Gasteiger partial charge is 0.234 e. The van der Waals surface area contributed by atoms with Crippen molar-refractivity contribution in [2.24, 2.45) is 5.92 Å². The highest BCUT2D eigenvalue weighted by atomic mass is 32.1. The maximum absolute atomic E-state index is 11.5. The molecule has 0 spiro atoms. The van der Waals surface area contributed by atoms with Gasteiger partial charge in [0.25, 0.3) is 0 Å². The van der Waals surface area contributed by atoms with Gasteiger partial charge in [-0.15, -0.1) is 0 Å². The second kappa shape index (κ2) is 7.45. The van der Waals surface area contributed by atoms with Crippen LogP contribution in [0.2, 0.25) is 0 Å². The minimum Gasteiger partial charge on any atom is -0.352 e. The van der Waals surface area contributed by atoms with E-state index in [0.29, 0.717) is 12.5 Å². The van der Waals surface area contributed by atoms with E-state index in [1.54, 1.807) is 11.3 Å². The molecule has 0 aliphatic carbocycles. The zero-order valence-corrected chi connectivity index (χ0v) is 11.6. The van der Waals surface area contributed by atoms with Crippen LogP contribution in [-0.4, -0.2) is 25.0 Å². The van der Waals surface area contributed by atoms with E-state index in [9.17, 15) is 4.79 Å². The fourth-order valence-corrected chi connectivity index (χ4v) is 2.04. The molecule has 1 heterocycles. The Morgan fingerprint density at radius 3 is 2.76 bits per heavy atom. The molecule has 1 aromatic rings. The van der Waals surface area contributed by atoms with Crippen molar-refractivity contribution in [3.05, 3.63) is 22.4 Å². The molecule has 0 aromatic carbocycles. The molecule has 0 aliphatic rings. The van der Waals surface area contributed by atoms with Crippen molar-refractivity contribution in [3.63, 3.8) is 0 Å². The van der Waals surface area contributed by atoms with Gasteiger partial charge >= 0.3 is 0 Å². The maximum atomic E-state index is 11.5. The van der Waals surface area contributed by atoms with Crippen molar-refractivity contribution >= 4 is 17.2 Å². The fourth-order valence-electron chi connectivity index (χ4n) is 1.34. The third-order valence-electron chi connectivity index (χ3n) is 2.84. The van der Waals surface area contributed by atoms with Crippen LogP contribution in [0.4, 0.5) is 0 Å². The van der Waals surface area contributed by atoms with Crippen LogP contribution in [0.15, 0.2) is 16.8 Å². The Kier molecular flexibility index (Phi) is 6.22. The molecule has 96 valence electrons. The molecule has 0 saturated heterocycles. The summed E-state index contributed by atoms with van der Waals surface area (Å²) in [5, 5.41) is 10.4. The molecule has 1 rings (SSSR count). The fraction of sp³-hybridized carbons (Fsp3) is 0.615. The molecule has 4 heteroatoms. The molecule has 1 amide bonds. The molecule has 0 fully saturated rings. The van der Waals surface area contributed by atoms with Crippen LogP contribution in [0, 0.1) is 5.92 Å². The molecule has 0 radical (unpaired) electrons. The van der Waals surface area contributed by atoms with Crippen LogP contribution < -0.4 is 10.6 Å². The van der Waals surface area contributed by atoms with Crippen LogP contribution in [0.1, 0.15) is 26.3 Å². The summed E-state index contributed by atoms with van der Waals surface area (Å²) in [5.74, 6) is 0.557. The van der Waals surface area contributed by atoms with Crippen molar-refractivity contribution in [1.29, 1.82) is 0 Å². The van der Waals surface area contributed by atoms with Gasteiger partial charge in [-0.2, -0.15) is 11.3 Å². The molecule has 0 saturated carbocycles. The lowest BCUT2D eigenvalue weighted by Gasteiger charge is -2.17. The van der Waals surface area contributed by atoms with E-state index < -0.39 is 0 Å². The van der Waals surface area contributed by atoms with Gasteiger partial charge in [0.15, 0.2) is 0 Å². The van der Waals surface area contributed by atoms with Crippen LogP contribution in [0.25, 0.3) is 0 Å². The van der Waals surface area contributed by atoms with Crippen LogP contribution >= 0.6 is 11.3 Å². The SMILES string of the molecule is CC(C)C(C)NC(=O)CNCCc1ccsc1. The van der Waals surface area contributed by atoms with Gasteiger partial charge in [0, 0.05) is 6.04 Å². The monoisotopic (exact) mass is 254 g/mol. The highest BCUT2D eigenvalue weighted by Crippen LogP contribution is 2.05. The first kappa shape index (κ1) is 14.2. The third kappa shape index (κ3) is 5.84. The van der Waals surface area contributed by atoms with Crippen LogP contribution in [0.5, 0.6) is 0 Å². The van der Waals surface area contributed by atoms with E-state index in [1.807, 2.05) is 6.92 Å². The number of carbonyl (C=O) groups excluding carboxylic acids is 1. The van der Waals surface area contributed by atoms with E-state index in [1.165, 1.54) is 5.56 Å². The Labute approximate surface area is 108 Å². The number of amides is 1. The van der Waals surface area contributed by atoms with Crippen molar-refractivity contribution in [3.8, 4) is 0 Å². The Hall–Kier alpha value is -0.870. The van der Waals surface area contributed by atoms with Gasteiger partial charge < -0.3 is 10.6 Å². The molecule has 1 aromatic heterocycles. The van der Waals surface area contributed by atoms with Gasteiger partial charge in [0.2, 0.25) is 5.91 Å². The largest absolute Gasteiger partial charge is 0.352 e. The quantitative estimate of drug-likeness (QED) is 0.731. The first-order chi connectivity index (χ1) is 8.09. The minimum absolute atomic E-state index is 0.0801. The summed E-state index contributed by atoms with van der Waals surface area (Å²) in [6, 6.07) is 2.36. The van der Waals surface area contributed by atoms with Gasteiger partial charge in [-0.05, 0) is 48.2 Å². The highest BCUT2D eigenvalue weighted by molar-refractivity contribution is 7.07. The predicted molar refractivity (Wildman–Crippen MR) is 73.3 cm³/mol. The highest BCUT2D eigenvalue weighted by Gasteiger charge is 2.09. The normalized spacial score (nSPS) is 12.7. The second-order valence-corrected chi connectivity index (χ2v) is 5.44. The molecule has 1 atom stereocenters. The molecular formula is C13H22N2OS. The lowest BCUT2D eigenvalue weighted by Crippen LogP contribution is -2.41. The summed E-state index contributed by atoms with van der Waals surface area (Å²) in [6.07, 6.45) is 0.983. The second-order valence-electron chi connectivity index (χ2n) is 4.66. The van der Waals surface area contributed by atoms with Gasteiger partial charge in [-0.3, -0.25) is 4.79 Å². The number of hydrogen-bond donors (Lipinski definition) is 2. The van der Waals surface area contributed by atoms with E-state index in [4.69, 9.17) is 0 Å². The Balaban J connectivity index is 2.08. The molecule has 1 unspecified atom stereocenters. The number of rotatable bonds is 7. The number of nitrogens with one attached hydrogen (secondary N) is 2. The minimum atomic E-state index is 0.0801. The summed E-state index contributed by atoms with van der Waals surface area (Å²) >= 11 is 1.71. The Morgan fingerprint density at radius 2 is 2.18 bits per heavy atom. The van der Waals surface area contributed by atoms with E-state index >= 15 is 0 Å². The summed E-state index contributed by atoms with van der Waals surface area (Å²) in [4.78, 5) is 11.5. The van der Waals surface area contributed by atoms with E-state index in [0.717, 1.165) is 13.0 Å². The van der Waals surface area contributed by atoms with Crippen molar-refractivity contribution in [2.75, 3.05) is 13.1 Å². The lowest BCUT2D eigenvalue weighted by atomic mass is 10.1. The van der Waals surface area contributed by atoms with Crippen molar-refractivity contribution in [2.45, 2.75) is 33.2 Å². The molecular weight excluding hydrogens is 232 g/mol. The Morgan fingerprint density at radius 1 is 1.41 bits per heavy atom. The first-order valence-corrected chi connectivity index (χ1v) is 7.05. The number of carbonyl (C=O) groups is 1. The van der Waals surface area contributed by atoms with Crippen LogP contribution in [0.3, 0.4) is 0 Å². The third-order valence-corrected chi connectivity index (χ3v) is 3.58. The first-order valence-electron chi connectivity index (χ1n) is 6.10. The molecule has 0 aliphatic heterocycles. The van der Waals surface area contributed by atoms with Crippen molar-refractivity contribution in [1.82, 2.24) is 10.6 Å². The maximum Gasteiger partial charge on any atom is 0.234 e. The summed E-state index contributed by atoms with van der Waals surface area (Å²) in [7, 11) is 0. The van der Waals surface area contributed by atoms with Crippen molar-refractivity contribution < 1.29 is 4.79 Å². The molecule has 17 heavy (non-hydrogen) atoms. The zero-order chi connectivity index (χ0) is 12.7. The van der Waals surface area contributed by atoms with Gasteiger partial charge in [0.1, 0.15) is 0 Å². The molecule has 2 N–H and O–H groups in total. The molecule has 3 nitrogen and oxygen atoms in total. The summed E-state index contributed by atoms with van der Waals surface area (Å²) < 4.78 is 0. The molecule has 0 bridgehead atoms. The number of hydrogen-bond acceptors (Lipinski definition) is 3. The number of thiophene rings is 1.